The van der Waals surface area contributed by atoms with E-state index in [9.17, 15) is 22.8 Å². The van der Waals surface area contributed by atoms with E-state index in [0.717, 1.165) is 29.1 Å². The second-order valence-corrected chi connectivity index (χ2v) is 10.3. The van der Waals surface area contributed by atoms with Gasteiger partial charge >= 0.3 is 6.18 Å². The van der Waals surface area contributed by atoms with E-state index in [2.05, 4.69) is 10.1 Å². The molecule has 8 nitrogen and oxygen atoms in total. The second kappa shape index (κ2) is 10.1. The van der Waals surface area contributed by atoms with Gasteiger partial charge in [-0.1, -0.05) is 23.7 Å². The Morgan fingerprint density at radius 2 is 1.89 bits per heavy atom. The number of benzene rings is 1. The van der Waals surface area contributed by atoms with Gasteiger partial charge in [0.1, 0.15) is 0 Å². The van der Waals surface area contributed by atoms with Crippen LogP contribution in [0.15, 0.2) is 36.5 Å². The van der Waals surface area contributed by atoms with Gasteiger partial charge in [0.15, 0.2) is 16.8 Å². The van der Waals surface area contributed by atoms with Gasteiger partial charge < -0.3 is 14.7 Å². The maximum absolute atomic E-state index is 14.3. The fourth-order valence-corrected chi connectivity index (χ4v) is 5.72. The molecule has 0 aliphatic carbocycles. The van der Waals surface area contributed by atoms with Crippen molar-refractivity contribution in [1.82, 2.24) is 24.4 Å². The SMILES string of the molecule is CC(=O)N1CCC[C@H](C(=O)N(C)[C@@H](c2ccc(N3CCCc4c3cnc3cc(Cl)nn43)cc2)C(F)(F)F)C1. The van der Waals surface area contributed by atoms with Crippen molar-refractivity contribution in [3.8, 4) is 0 Å². The van der Waals surface area contributed by atoms with E-state index in [4.69, 9.17) is 11.6 Å². The predicted octanol–water partition coefficient (Wildman–Crippen LogP) is 4.79. The lowest BCUT2D eigenvalue weighted by Gasteiger charge is -2.37. The number of likely N-dealkylation sites (tertiary alicyclic amines) is 1. The smallest absolute Gasteiger partial charge is 0.342 e. The minimum atomic E-state index is -4.67. The first kappa shape index (κ1) is 26.3. The lowest BCUT2D eigenvalue weighted by atomic mass is 9.95. The Hall–Kier alpha value is -3.34. The highest BCUT2D eigenvalue weighted by molar-refractivity contribution is 6.29. The Kier molecular flexibility index (Phi) is 6.97. The number of carbonyl (C=O) groups excluding carboxylic acids is 2. The lowest BCUT2D eigenvalue weighted by Crippen LogP contribution is -2.48. The van der Waals surface area contributed by atoms with Gasteiger partial charge in [-0.2, -0.15) is 18.3 Å². The normalized spacial score (nSPS) is 18.8. The van der Waals surface area contributed by atoms with Crippen LogP contribution in [0.3, 0.4) is 0 Å². The third-order valence-corrected chi connectivity index (χ3v) is 7.58. The minimum Gasteiger partial charge on any atom is -0.342 e. The maximum atomic E-state index is 14.3. The molecule has 38 heavy (non-hydrogen) atoms. The van der Waals surface area contributed by atoms with Crippen LogP contribution in [-0.4, -0.2) is 69.1 Å². The molecular formula is C26H28ClF3N6O2. The average Bonchev–Trinajstić information content (AvgIpc) is 3.28. The zero-order chi connectivity index (χ0) is 27.2. The number of aromatic nitrogens is 3. The number of nitrogens with zero attached hydrogens (tertiary/aromatic N) is 6. The molecule has 5 rings (SSSR count). The molecule has 0 bridgehead atoms. The van der Waals surface area contributed by atoms with Crippen molar-refractivity contribution in [3.63, 3.8) is 0 Å². The number of anilines is 2. The van der Waals surface area contributed by atoms with E-state index in [1.807, 2.05) is 4.90 Å². The van der Waals surface area contributed by atoms with Crippen LogP contribution in [-0.2, 0) is 16.0 Å². The highest BCUT2D eigenvalue weighted by Crippen LogP contribution is 2.40. The van der Waals surface area contributed by atoms with Gasteiger partial charge in [0.05, 0.1) is 23.5 Å². The quantitative estimate of drug-likeness (QED) is 0.469. The Morgan fingerprint density at radius 3 is 2.58 bits per heavy atom. The van der Waals surface area contributed by atoms with E-state index < -0.39 is 24.0 Å². The van der Waals surface area contributed by atoms with Crippen molar-refractivity contribution in [2.45, 2.75) is 44.8 Å². The Bertz CT molecular complexity index is 1360. The summed E-state index contributed by atoms with van der Waals surface area (Å²) in [6.07, 6.45) is -0.312. The number of fused-ring (bicyclic) bond motifs is 3. The molecule has 1 fully saturated rings. The van der Waals surface area contributed by atoms with Gasteiger partial charge in [-0.25, -0.2) is 9.50 Å². The number of hydrogen-bond acceptors (Lipinski definition) is 5. The molecule has 2 aromatic heterocycles. The molecule has 2 amide bonds. The predicted molar refractivity (Wildman–Crippen MR) is 136 cm³/mol. The monoisotopic (exact) mass is 548 g/mol. The highest BCUT2D eigenvalue weighted by atomic mass is 35.5. The van der Waals surface area contributed by atoms with Gasteiger partial charge in [0, 0.05) is 45.4 Å². The number of piperidine rings is 1. The molecule has 4 heterocycles. The van der Waals surface area contributed by atoms with Crippen LogP contribution in [0.2, 0.25) is 5.15 Å². The van der Waals surface area contributed by atoms with E-state index in [0.29, 0.717) is 42.4 Å². The van der Waals surface area contributed by atoms with Crippen LogP contribution < -0.4 is 4.90 Å². The van der Waals surface area contributed by atoms with Gasteiger partial charge in [-0.15, -0.1) is 0 Å². The summed E-state index contributed by atoms with van der Waals surface area (Å²) in [7, 11) is 1.19. The molecular weight excluding hydrogens is 521 g/mol. The van der Waals surface area contributed by atoms with Crippen LogP contribution >= 0.6 is 11.6 Å². The van der Waals surface area contributed by atoms with Gasteiger partial charge in [-0.05, 0) is 43.4 Å². The summed E-state index contributed by atoms with van der Waals surface area (Å²) < 4.78 is 44.6. The summed E-state index contributed by atoms with van der Waals surface area (Å²) in [5.74, 6) is -1.45. The Balaban J connectivity index is 1.41. The first-order valence-corrected chi connectivity index (χ1v) is 12.9. The second-order valence-electron chi connectivity index (χ2n) is 9.87. The molecule has 202 valence electrons. The number of hydrogen-bond donors (Lipinski definition) is 0. The summed E-state index contributed by atoms with van der Waals surface area (Å²) in [4.78, 5) is 33.6. The molecule has 0 saturated carbocycles. The van der Waals surface area contributed by atoms with E-state index >= 15 is 0 Å². The van der Waals surface area contributed by atoms with Crippen molar-refractivity contribution in [1.29, 1.82) is 0 Å². The van der Waals surface area contributed by atoms with Crippen LogP contribution in [0.5, 0.6) is 0 Å². The minimum absolute atomic E-state index is 0.0269. The summed E-state index contributed by atoms with van der Waals surface area (Å²) in [5, 5.41) is 4.66. The van der Waals surface area contributed by atoms with E-state index in [1.165, 1.54) is 31.0 Å². The van der Waals surface area contributed by atoms with Gasteiger partial charge in [0.25, 0.3) is 0 Å². The van der Waals surface area contributed by atoms with Crippen LogP contribution in [0.4, 0.5) is 24.5 Å². The Labute approximate surface area is 223 Å². The third kappa shape index (κ3) is 4.91. The van der Waals surface area contributed by atoms with Crippen molar-refractivity contribution < 1.29 is 22.8 Å². The summed E-state index contributed by atoms with van der Waals surface area (Å²) >= 11 is 6.06. The van der Waals surface area contributed by atoms with Gasteiger partial charge in [-0.3, -0.25) is 9.59 Å². The van der Waals surface area contributed by atoms with Crippen molar-refractivity contribution in [3.05, 3.63) is 52.9 Å². The molecule has 0 spiro atoms. The van der Waals surface area contributed by atoms with Crippen LogP contribution in [0.1, 0.15) is 43.5 Å². The highest BCUT2D eigenvalue weighted by Gasteiger charge is 2.46. The molecule has 0 unspecified atom stereocenters. The van der Waals surface area contributed by atoms with Crippen LogP contribution in [0.25, 0.3) is 5.65 Å². The van der Waals surface area contributed by atoms with Crippen molar-refractivity contribution in [2.24, 2.45) is 5.92 Å². The number of amides is 2. The zero-order valence-corrected chi connectivity index (χ0v) is 21.8. The average molecular weight is 549 g/mol. The molecule has 0 N–H and O–H groups in total. The third-order valence-electron chi connectivity index (χ3n) is 7.40. The van der Waals surface area contributed by atoms with Crippen molar-refractivity contribution in [2.75, 3.05) is 31.6 Å². The summed E-state index contributed by atoms with van der Waals surface area (Å²) in [5.41, 5.74) is 3.08. The fraction of sp³-hybridized carbons (Fsp3) is 0.462. The van der Waals surface area contributed by atoms with Crippen LogP contribution in [0, 0.1) is 5.92 Å². The molecule has 3 aromatic rings. The largest absolute Gasteiger partial charge is 0.413 e. The number of alkyl halides is 3. The number of rotatable bonds is 4. The summed E-state index contributed by atoms with van der Waals surface area (Å²) in [6.45, 7) is 2.73. The zero-order valence-electron chi connectivity index (χ0n) is 21.1. The molecule has 12 heteroatoms. The first-order chi connectivity index (χ1) is 18.0. The topological polar surface area (TPSA) is 74.1 Å². The molecule has 1 aromatic carbocycles. The molecule has 2 atom stereocenters. The standard InChI is InChI=1S/C26H28ClF3N6O2/c1-16(37)34-11-3-5-18(15-34)25(38)33(2)24(26(28,29)30)17-7-9-19(10-8-17)35-12-4-6-20-21(35)14-31-23-13-22(27)32-36(20)23/h7-10,13-14,18,24H,3-6,11-12,15H2,1-2H3/t18-,24-/m0/s1. The lowest BCUT2D eigenvalue weighted by molar-refractivity contribution is -0.191. The van der Waals surface area contributed by atoms with E-state index in [-0.39, 0.29) is 18.0 Å². The van der Waals surface area contributed by atoms with Gasteiger partial charge in [0.2, 0.25) is 11.8 Å². The fourth-order valence-electron chi connectivity index (χ4n) is 5.55. The molecule has 2 aliphatic rings. The molecule has 0 radical (unpaired) electrons. The van der Waals surface area contributed by atoms with Crippen molar-refractivity contribution >= 4 is 40.4 Å². The maximum Gasteiger partial charge on any atom is 0.413 e. The van der Waals surface area contributed by atoms with E-state index in [1.54, 1.807) is 28.9 Å². The number of aryl methyl sites for hydroxylation is 1. The molecule has 1 saturated heterocycles. The number of carbonyl (C=O) groups is 2. The Morgan fingerprint density at radius 1 is 1.16 bits per heavy atom. The number of halogens is 4. The first-order valence-electron chi connectivity index (χ1n) is 12.5. The molecule has 2 aliphatic heterocycles. The summed E-state index contributed by atoms with van der Waals surface area (Å²) in [6, 6.07) is 5.70.